The molecular weight excluding hydrogens is 399 g/mol. The summed E-state index contributed by atoms with van der Waals surface area (Å²) >= 11 is 0. The van der Waals surface area contributed by atoms with Crippen molar-refractivity contribution in [2.75, 3.05) is 18.0 Å². The van der Waals surface area contributed by atoms with Gasteiger partial charge in [0.05, 0.1) is 11.3 Å². The third-order valence-corrected chi connectivity index (χ3v) is 5.26. The zero-order valence-corrected chi connectivity index (χ0v) is 15.8. The van der Waals surface area contributed by atoms with Gasteiger partial charge in [0.15, 0.2) is 0 Å². The van der Waals surface area contributed by atoms with Crippen molar-refractivity contribution in [2.24, 2.45) is 0 Å². The van der Waals surface area contributed by atoms with Crippen LogP contribution in [0.2, 0.25) is 0 Å². The molecule has 0 aliphatic carbocycles. The number of halogens is 3. The first-order chi connectivity index (χ1) is 14.3. The molecule has 0 bridgehead atoms. The third-order valence-electron chi connectivity index (χ3n) is 5.26. The molecule has 1 atom stereocenters. The van der Waals surface area contributed by atoms with Crippen LogP contribution in [0.25, 0.3) is 0 Å². The van der Waals surface area contributed by atoms with Crippen LogP contribution in [0.3, 0.4) is 0 Å². The number of amides is 3. The highest BCUT2D eigenvalue weighted by atomic mass is 19.1. The fourth-order valence-corrected chi connectivity index (χ4v) is 3.91. The minimum Gasteiger partial charge on any atom is -0.350 e. The Kier molecular flexibility index (Phi) is 5.19. The molecule has 0 radical (unpaired) electrons. The van der Waals surface area contributed by atoms with Crippen LogP contribution in [0.5, 0.6) is 0 Å². The van der Waals surface area contributed by atoms with Gasteiger partial charge in [-0.25, -0.2) is 13.2 Å². The molecule has 156 valence electrons. The van der Waals surface area contributed by atoms with E-state index in [-0.39, 0.29) is 29.3 Å². The van der Waals surface area contributed by atoms with Gasteiger partial charge < -0.3 is 15.1 Å². The number of anilines is 1. The van der Waals surface area contributed by atoms with Gasteiger partial charge in [-0.2, -0.15) is 0 Å². The van der Waals surface area contributed by atoms with Crippen molar-refractivity contribution in [2.45, 2.75) is 25.4 Å². The molecule has 2 aromatic carbocycles. The first-order valence-electron chi connectivity index (χ1n) is 9.47. The van der Waals surface area contributed by atoms with E-state index in [1.165, 1.54) is 11.0 Å². The molecule has 0 saturated carbocycles. The van der Waals surface area contributed by atoms with Gasteiger partial charge in [0.1, 0.15) is 30.0 Å². The molecule has 2 aliphatic heterocycles. The SMILES string of the molecule is O=C(CN1C(=O)C2CCCN2C(=O)c2ccc(F)cc21)NCc1cc(F)cc(F)c1. The molecule has 4 rings (SSSR count). The predicted molar refractivity (Wildman–Crippen MR) is 101 cm³/mol. The third kappa shape index (κ3) is 3.74. The van der Waals surface area contributed by atoms with Gasteiger partial charge >= 0.3 is 0 Å². The number of rotatable bonds is 4. The number of carbonyl (C=O) groups excluding carboxylic acids is 3. The maximum absolute atomic E-state index is 13.9. The van der Waals surface area contributed by atoms with Gasteiger partial charge in [0.25, 0.3) is 5.91 Å². The van der Waals surface area contributed by atoms with E-state index in [9.17, 15) is 27.6 Å². The summed E-state index contributed by atoms with van der Waals surface area (Å²) in [7, 11) is 0. The molecule has 1 unspecified atom stereocenters. The molecular formula is C21H18F3N3O3. The highest BCUT2D eigenvalue weighted by Crippen LogP contribution is 2.32. The molecule has 3 amide bonds. The summed E-state index contributed by atoms with van der Waals surface area (Å²) in [5.74, 6) is -3.63. The van der Waals surface area contributed by atoms with Crippen molar-refractivity contribution in [3.8, 4) is 0 Å². The highest BCUT2D eigenvalue weighted by molar-refractivity contribution is 6.12. The first-order valence-corrected chi connectivity index (χ1v) is 9.47. The molecule has 1 fully saturated rings. The van der Waals surface area contributed by atoms with Crippen LogP contribution in [0, 0.1) is 17.5 Å². The zero-order chi connectivity index (χ0) is 21.4. The Labute approximate surface area is 170 Å². The van der Waals surface area contributed by atoms with E-state index in [0.29, 0.717) is 19.4 Å². The second-order valence-electron chi connectivity index (χ2n) is 7.30. The first kappa shape index (κ1) is 19.9. The maximum Gasteiger partial charge on any atom is 0.256 e. The summed E-state index contributed by atoms with van der Waals surface area (Å²) in [6.07, 6.45) is 1.12. The summed E-state index contributed by atoms with van der Waals surface area (Å²) in [6, 6.07) is 5.67. The van der Waals surface area contributed by atoms with E-state index >= 15 is 0 Å². The lowest BCUT2D eigenvalue weighted by molar-refractivity contribution is -0.125. The lowest BCUT2D eigenvalue weighted by Gasteiger charge is -2.25. The fraction of sp³-hybridized carbons (Fsp3) is 0.286. The summed E-state index contributed by atoms with van der Waals surface area (Å²) in [6.45, 7) is -0.192. The van der Waals surface area contributed by atoms with Crippen LogP contribution >= 0.6 is 0 Å². The quantitative estimate of drug-likeness (QED) is 0.831. The van der Waals surface area contributed by atoms with Gasteiger partial charge in [0, 0.05) is 19.2 Å². The van der Waals surface area contributed by atoms with Crippen LogP contribution in [-0.2, 0) is 16.1 Å². The van der Waals surface area contributed by atoms with Crippen molar-refractivity contribution in [1.82, 2.24) is 10.2 Å². The lowest BCUT2D eigenvalue weighted by atomic mass is 10.1. The lowest BCUT2D eigenvalue weighted by Crippen LogP contribution is -2.48. The zero-order valence-electron chi connectivity index (χ0n) is 15.8. The van der Waals surface area contributed by atoms with Crippen molar-refractivity contribution >= 4 is 23.4 Å². The number of carbonyl (C=O) groups is 3. The summed E-state index contributed by atoms with van der Waals surface area (Å²) in [4.78, 5) is 41.0. The second-order valence-corrected chi connectivity index (χ2v) is 7.30. The molecule has 6 nitrogen and oxygen atoms in total. The Balaban J connectivity index is 1.57. The molecule has 1 saturated heterocycles. The second kappa shape index (κ2) is 7.81. The van der Waals surface area contributed by atoms with Gasteiger partial charge in [0.2, 0.25) is 11.8 Å². The van der Waals surface area contributed by atoms with E-state index in [2.05, 4.69) is 5.32 Å². The predicted octanol–water partition coefficient (Wildman–Crippen LogP) is 2.37. The number of nitrogens with zero attached hydrogens (tertiary/aromatic N) is 2. The molecule has 1 N–H and O–H groups in total. The Morgan fingerprint density at radius 3 is 2.50 bits per heavy atom. The molecule has 30 heavy (non-hydrogen) atoms. The molecule has 2 aliphatic rings. The topological polar surface area (TPSA) is 69.7 Å². The number of fused-ring (bicyclic) bond motifs is 2. The van der Waals surface area contributed by atoms with Crippen molar-refractivity contribution in [3.63, 3.8) is 0 Å². The van der Waals surface area contributed by atoms with Crippen LogP contribution < -0.4 is 10.2 Å². The van der Waals surface area contributed by atoms with E-state index in [0.717, 1.165) is 35.2 Å². The van der Waals surface area contributed by atoms with E-state index in [4.69, 9.17) is 0 Å². The Morgan fingerprint density at radius 1 is 1.03 bits per heavy atom. The maximum atomic E-state index is 13.9. The smallest absolute Gasteiger partial charge is 0.256 e. The van der Waals surface area contributed by atoms with Crippen molar-refractivity contribution < 1.29 is 27.6 Å². The van der Waals surface area contributed by atoms with Gasteiger partial charge in [-0.05, 0) is 48.7 Å². The van der Waals surface area contributed by atoms with Gasteiger partial charge in [-0.3, -0.25) is 14.4 Å². The van der Waals surface area contributed by atoms with Crippen LogP contribution in [0.1, 0.15) is 28.8 Å². The molecule has 0 spiro atoms. The van der Waals surface area contributed by atoms with Crippen LogP contribution in [0.4, 0.5) is 18.9 Å². The Hall–Kier alpha value is -3.36. The van der Waals surface area contributed by atoms with Gasteiger partial charge in [-0.15, -0.1) is 0 Å². The highest BCUT2D eigenvalue weighted by Gasteiger charge is 2.42. The van der Waals surface area contributed by atoms with Gasteiger partial charge in [-0.1, -0.05) is 0 Å². The van der Waals surface area contributed by atoms with E-state index < -0.39 is 41.9 Å². The molecule has 9 heteroatoms. The summed E-state index contributed by atoms with van der Waals surface area (Å²) < 4.78 is 40.5. The van der Waals surface area contributed by atoms with Crippen molar-refractivity contribution in [1.29, 1.82) is 0 Å². The average Bonchev–Trinajstić information content (AvgIpc) is 3.16. The molecule has 0 aromatic heterocycles. The Morgan fingerprint density at radius 2 is 1.77 bits per heavy atom. The molecule has 2 heterocycles. The van der Waals surface area contributed by atoms with Crippen LogP contribution in [0.15, 0.2) is 36.4 Å². The van der Waals surface area contributed by atoms with Crippen molar-refractivity contribution in [3.05, 3.63) is 65.0 Å². The largest absolute Gasteiger partial charge is 0.350 e. The van der Waals surface area contributed by atoms with E-state index in [1.807, 2.05) is 0 Å². The average molecular weight is 417 g/mol. The monoisotopic (exact) mass is 417 g/mol. The normalized spacial score (nSPS) is 18.2. The fourth-order valence-electron chi connectivity index (χ4n) is 3.91. The Bertz CT molecular complexity index is 1020. The summed E-state index contributed by atoms with van der Waals surface area (Å²) in [5, 5.41) is 2.50. The minimum atomic E-state index is -0.772. The standard InChI is InChI=1S/C21H18F3N3O3/c22-13-3-4-16-18(9-13)27(21(30)17-2-1-5-26(17)20(16)29)11-19(28)25-10-12-6-14(23)8-15(24)7-12/h3-4,6-9,17H,1-2,5,10-11H2,(H,25,28). The van der Waals surface area contributed by atoms with Crippen LogP contribution in [-0.4, -0.2) is 41.8 Å². The summed E-state index contributed by atoms with van der Waals surface area (Å²) in [5.41, 5.74) is 0.395. The molecule has 2 aromatic rings. The minimum absolute atomic E-state index is 0.0337. The number of nitrogens with one attached hydrogen (secondary N) is 1. The van der Waals surface area contributed by atoms with E-state index in [1.54, 1.807) is 0 Å². The number of hydrogen-bond acceptors (Lipinski definition) is 3. The number of hydrogen-bond donors (Lipinski definition) is 1. The number of benzene rings is 2.